The standard InChI is InChI=1S/C23H39NO/c1-20(2)24-15-23(25-20)14-11-19-17-9-8-16-7-5-6-12-21(16,3)18(17)10-13-22(19,23)4/h16-19,24H,5-15H2,1-4H3/p+1/t16-,17+,18-,19+,21+,22+,23-/m1/s1. The van der Waals surface area contributed by atoms with Crippen LogP contribution >= 0.6 is 0 Å². The average Bonchev–Trinajstić information content (AvgIpc) is 3.04. The first-order valence-corrected chi connectivity index (χ1v) is 11.3. The molecule has 2 heteroatoms. The number of hydrogen-bond acceptors (Lipinski definition) is 1. The molecule has 0 aromatic heterocycles. The number of quaternary nitrogens is 1. The van der Waals surface area contributed by atoms with Crippen LogP contribution in [0.4, 0.5) is 0 Å². The molecule has 0 radical (unpaired) electrons. The Labute approximate surface area is 154 Å². The van der Waals surface area contributed by atoms with E-state index in [2.05, 4.69) is 33.0 Å². The van der Waals surface area contributed by atoms with E-state index < -0.39 is 0 Å². The summed E-state index contributed by atoms with van der Waals surface area (Å²) in [6.07, 6.45) is 14.7. The summed E-state index contributed by atoms with van der Waals surface area (Å²) in [5.74, 6) is 3.97. The molecule has 25 heavy (non-hydrogen) atoms. The molecule has 2 nitrogen and oxygen atoms in total. The van der Waals surface area contributed by atoms with E-state index in [0.717, 1.165) is 23.7 Å². The van der Waals surface area contributed by atoms with Crippen molar-refractivity contribution in [2.75, 3.05) is 6.54 Å². The van der Waals surface area contributed by atoms with Crippen molar-refractivity contribution in [3.8, 4) is 0 Å². The summed E-state index contributed by atoms with van der Waals surface area (Å²) in [4.78, 5) is 0. The first-order valence-electron chi connectivity index (χ1n) is 11.3. The summed E-state index contributed by atoms with van der Waals surface area (Å²) in [7, 11) is 0. The van der Waals surface area contributed by atoms with Gasteiger partial charge >= 0.3 is 0 Å². The highest BCUT2D eigenvalue weighted by Crippen LogP contribution is 2.69. The number of fused-ring (bicyclic) bond motifs is 6. The van der Waals surface area contributed by atoms with Crippen LogP contribution in [0.3, 0.4) is 0 Å². The van der Waals surface area contributed by atoms with Crippen LogP contribution in [0.15, 0.2) is 0 Å². The first-order chi connectivity index (χ1) is 11.8. The smallest absolute Gasteiger partial charge is 0.195 e. The van der Waals surface area contributed by atoms with Crippen LogP contribution < -0.4 is 5.32 Å². The molecule has 5 rings (SSSR count). The van der Waals surface area contributed by atoms with E-state index in [0.29, 0.717) is 10.8 Å². The molecule has 142 valence electrons. The van der Waals surface area contributed by atoms with Crippen LogP contribution in [0.5, 0.6) is 0 Å². The van der Waals surface area contributed by atoms with Gasteiger partial charge in [-0.3, -0.25) is 0 Å². The van der Waals surface area contributed by atoms with E-state index in [1.807, 2.05) is 0 Å². The van der Waals surface area contributed by atoms with Crippen molar-refractivity contribution in [3.63, 3.8) is 0 Å². The fourth-order valence-corrected chi connectivity index (χ4v) is 8.89. The molecule has 1 saturated heterocycles. The Hall–Kier alpha value is -0.0800. The quantitative estimate of drug-likeness (QED) is 0.687. The SMILES string of the molecule is CC1(C)[NH2+]C[C@@]2(CC[C@H]3[C@H]4CC[C@H]5CCCC[C@]5(C)[C@@H]4CC[C@@]32C)O1. The molecule has 5 fully saturated rings. The molecular weight excluding hydrogens is 306 g/mol. The number of rotatable bonds is 0. The van der Waals surface area contributed by atoms with Gasteiger partial charge in [-0.05, 0) is 80.5 Å². The first kappa shape index (κ1) is 17.0. The van der Waals surface area contributed by atoms with Crippen molar-refractivity contribution in [2.24, 2.45) is 34.5 Å². The van der Waals surface area contributed by atoms with Crippen LogP contribution in [0, 0.1) is 34.5 Å². The van der Waals surface area contributed by atoms with E-state index in [1.54, 1.807) is 0 Å². The highest BCUT2D eigenvalue weighted by molar-refractivity contribution is 5.15. The third kappa shape index (κ3) is 2.16. The van der Waals surface area contributed by atoms with Crippen LogP contribution in [0.1, 0.15) is 91.9 Å². The van der Waals surface area contributed by atoms with Gasteiger partial charge in [0, 0.05) is 19.3 Å². The zero-order valence-electron chi connectivity index (χ0n) is 17.1. The van der Waals surface area contributed by atoms with Gasteiger partial charge in [0.15, 0.2) is 5.72 Å². The van der Waals surface area contributed by atoms with Gasteiger partial charge in [-0.15, -0.1) is 0 Å². The molecule has 0 bridgehead atoms. The van der Waals surface area contributed by atoms with Gasteiger partial charge in [-0.2, -0.15) is 0 Å². The number of hydrogen-bond donors (Lipinski definition) is 1. The van der Waals surface area contributed by atoms with E-state index in [9.17, 15) is 0 Å². The van der Waals surface area contributed by atoms with Crippen molar-refractivity contribution in [2.45, 2.75) is 103 Å². The zero-order valence-corrected chi connectivity index (χ0v) is 17.1. The van der Waals surface area contributed by atoms with Crippen LogP contribution in [-0.2, 0) is 4.74 Å². The molecule has 0 aromatic rings. The summed E-state index contributed by atoms with van der Waals surface area (Å²) in [6.45, 7) is 11.1. The lowest BCUT2D eigenvalue weighted by atomic mass is 9.44. The van der Waals surface area contributed by atoms with Crippen LogP contribution in [0.2, 0.25) is 0 Å². The lowest BCUT2D eigenvalue weighted by molar-refractivity contribution is -0.725. The average molecular weight is 347 g/mol. The molecule has 0 aromatic carbocycles. The van der Waals surface area contributed by atoms with Gasteiger partial charge in [0.1, 0.15) is 12.1 Å². The number of nitrogens with two attached hydrogens (primary N) is 1. The predicted octanol–water partition coefficient (Wildman–Crippen LogP) is 4.49. The van der Waals surface area contributed by atoms with E-state index in [4.69, 9.17) is 4.74 Å². The lowest BCUT2D eigenvalue weighted by Crippen LogP contribution is -2.92. The Kier molecular flexibility index (Phi) is 3.58. The van der Waals surface area contributed by atoms with Crippen molar-refractivity contribution >= 4 is 0 Å². The molecule has 0 amide bonds. The minimum atomic E-state index is -0.0121. The maximum absolute atomic E-state index is 6.83. The molecular formula is C23H40NO+. The Balaban J connectivity index is 1.46. The molecule has 5 aliphatic rings. The predicted molar refractivity (Wildman–Crippen MR) is 101 cm³/mol. The van der Waals surface area contributed by atoms with Crippen LogP contribution in [-0.4, -0.2) is 17.9 Å². The van der Waals surface area contributed by atoms with Gasteiger partial charge in [0.05, 0.1) is 0 Å². The molecule has 1 aliphatic heterocycles. The summed E-state index contributed by atoms with van der Waals surface area (Å²) in [6, 6.07) is 0. The minimum Gasteiger partial charge on any atom is -0.317 e. The summed E-state index contributed by atoms with van der Waals surface area (Å²) in [5, 5.41) is 2.48. The Morgan fingerprint density at radius 1 is 0.800 bits per heavy atom. The third-order valence-corrected chi connectivity index (χ3v) is 10.3. The van der Waals surface area contributed by atoms with E-state index >= 15 is 0 Å². The minimum absolute atomic E-state index is 0.0121. The molecule has 2 N–H and O–H groups in total. The second-order valence-corrected chi connectivity index (χ2v) is 11.5. The largest absolute Gasteiger partial charge is 0.317 e. The highest BCUT2D eigenvalue weighted by atomic mass is 16.6. The molecule has 1 heterocycles. The van der Waals surface area contributed by atoms with Gasteiger partial charge < -0.3 is 10.1 Å². The fraction of sp³-hybridized carbons (Fsp3) is 1.00. The van der Waals surface area contributed by atoms with Gasteiger partial charge in [0.25, 0.3) is 0 Å². The second kappa shape index (κ2) is 5.25. The Morgan fingerprint density at radius 2 is 1.60 bits per heavy atom. The topological polar surface area (TPSA) is 25.8 Å². The maximum Gasteiger partial charge on any atom is 0.195 e. The molecule has 1 spiro atoms. The molecule has 4 saturated carbocycles. The van der Waals surface area contributed by atoms with Crippen LogP contribution in [0.25, 0.3) is 0 Å². The van der Waals surface area contributed by atoms with Crippen molar-refractivity contribution in [3.05, 3.63) is 0 Å². The number of ether oxygens (including phenoxy) is 1. The van der Waals surface area contributed by atoms with Gasteiger partial charge in [-0.1, -0.05) is 26.7 Å². The third-order valence-electron chi connectivity index (χ3n) is 10.3. The summed E-state index contributed by atoms with van der Waals surface area (Å²) in [5.41, 5.74) is 1.24. The van der Waals surface area contributed by atoms with Gasteiger partial charge in [0.2, 0.25) is 0 Å². The van der Waals surface area contributed by atoms with E-state index in [1.165, 1.54) is 70.8 Å². The fourth-order valence-electron chi connectivity index (χ4n) is 8.89. The Bertz CT molecular complexity index is 558. The molecule has 7 atom stereocenters. The highest BCUT2D eigenvalue weighted by Gasteiger charge is 2.69. The summed E-state index contributed by atoms with van der Waals surface area (Å²) >= 11 is 0. The molecule has 4 aliphatic carbocycles. The summed E-state index contributed by atoms with van der Waals surface area (Å²) < 4.78 is 6.83. The van der Waals surface area contributed by atoms with Crippen molar-refractivity contribution < 1.29 is 10.1 Å². The zero-order chi connectivity index (χ0) is 17.5. The van der Waals surface area contributed by atoms with Gasteiger partial charge in [-0.25, -0.2) is 0 Å². The van der Waals surface area contributed by atoms with Crippen molar-refractivity contribution in [1.82, 2.24) is 0 Å². The maximum atomic E-state index is 6.83. The monoisotopic (exact) mass is 346 g/mol. The molecule has 0 unspecified atom stereocenters. The van der Waals surface area contributed by atoms with E-state index in [-0.39, 0.29) is 11.3 Å². The lowest BCUT2D eigenvalue weighted by Gasteiger charge is -2.61. The second-order valence-electron chi connectivity index (χ2n) is 11.5. The normalized spacial score (nSPS) is 57.1. The van der Waals surface area contributed by atoms with Crippen molar-refractivity contribution in [1.29, 1.82) is 0 Å². The Morgan fingerprint density at radius 3 is 2.36 bits per heavy atom.